The fourth-order valence-corrected chi connectivity index (χ4v) is 4.81. The zero-order chi connectivity index (χ0) is 22.7. The van der Waals surface area contributed by atoms with Gasteiger partial charge in [0.2, 0.25) is 0 Å². The third-order valence-electron chi connectivity index (χ3n) is 6.47. The third kappa shape index (κ3) is 5.13. The van der Waals surface area contributed by atoms with Crippen molar-refractivity contribution in [1.29, 1.82) is 0 Å². The van der Waals surface area contributed by atoms with Gasteiger partial charge >= 0.3 is 0 Å². The molecule has 1 saturated heterocycles. The molecule has 0 amide bonds. The minimum atomic E-state index is -0.345. The Labute approximate surface area is 192 Å². The van der Waals surface area contributed by atoms with E-state index in [0.29, 0.717) is 18.2 Å². The summed E-state index contributed by atoms with van der Waals surface area (Å²) < 4.78 is 29.5. The number of hydrogen-bond acceptors (Lipinski definition) is 2. The topological polar surface area (TPSA) is 30.2 Å². The SMILES string of the molecule is Cn1c(CN2CCC(CCCc3ccc(F)cc3)CC2)c(Cl)c(=O)n1-c1ccc(F)cc1. The molecule has 0 spiro atoms. The highest BCUT2D eigenvalue weighted by molar-refractivity contribution is 6.31. The number of likely N-dealkylation sites (tertiary alicyclic amines) is 1. The average Bonchev–Trinajstić information content (AvgIpc) is 3.00. The van der Waals surface area contributed by atoms with E-state index in [1.54, 1.807) is 16.8 Å². The Kier molecular flexibility index (Phi) is 7.11. The average molecular weight is 460 g/mol. The minimum Gasteiger partial charge on any atom is -0.297 e. The standard InChI is InChI=1S/C25H28ClF2N3O/c1-29-23(24(26)25(32)31(29)22-11-9-21(28)10-12-22)17-30-15-13-19(14-16-30)4-2-3-18-5-7-20(27)8-6-18/h5-12,19H,2-4,13-17H2,1H3. The van der Waals surface area contributed by atoms with Gasteiger partial charge < -0.3 is 0 Å². The van der Waals surface area contributed by atoms with Crippen LogP contribution >= 0.6 is 11.6 Å². The summed E-state index contributed by atoms with van der Waals surface area (Å²) in [6.07, 6.45) is 5.50. The van der Waals surface area contributed by atoms with Gasteiger partial charge in [-0.25, -0.2) is 13.5 Å². The van der Waals surface area contributed by atoms with E-state index in [-0.39, 0.29) is 22.2 Å². The Bertz CT molecular complexity index is 1100. The van der Waals surface area contributed by atoms with Gasteiger partial charge in [0.05, 0.1) is 11.4 Å². The van der Waals surface area contributed by atoms with Gasteiger partial charge in [0, 0.05) is 13.6 Å². The smallest absolute Gasteiger partial charge is 0.290 e. The van der Waals surface area contributed by atoms with Gasteiger partial charge in [0.1, 0.15) is 16.7 Å². The maximum Gasteiger partial charge on any atom is 0.290 e. The Morgan fingerprint density at radius 2 is 1.56 bits per heavy atom. The van der Waals surface area contributed by atoms with Crippen LogP contribution in [0.5, 0.6) is 0 Å². The molecule has 0 radical (unpaired) electrons. The highest BCUT2D eigenvalue weighted by Crippen LogP contribution is 2.25. The maximum absolute atomic E-state index is 13.3. The van der Waals surface area contributed by atoms with E-state index in [1.807, 2.05) is 19.2 Å². The van der Waals surface area contributed by atoms with Crippen molar-refractivity contribution in [3.05, 3.63) is 86.8 Å². The third-order valence-corrected chi connectivity index (χ3v) is 6.85. The van der Waals surface area contributed by atoms with Gasteiger partial charge in [-0.3, -0.25) is 14.4 Å². The lowest BCUT2D eigenvalue weighted by molar-refractivity contribution is 0.167. The largest absolute Gasteiger partial charge is 0.297 e. The summed E-state index contributed by atoms with van der Waals surface area (Å²) in [5.74, 6) is 0.157. The molecule has 170 valence electrons. The van der Waals surface area contributed by atoms with Crippen LogP contribution in [0, 0.1) is 17.6 Å². The molecule has 4 rings (SSSR count). The quantitative estimate of drug-likeness (QED) is 0.477. The van der Waals surface area contributed by atoms with E-state index in [1.165, 1.54) is 40.9 Å². The molecule has 0 aliphatic carbocycles. The number of benzene rings is 2. The molecule has 0 atom stereocenters. The molecule has 3 aromatic rings. The van der Waals surface area contributed by atoms with Crippen molar-refractivity contribution >= 4 is 11.6 Å². The van der Waals surface area contributed by atoms with Crippen LogP contribution in [-0.2, 0) is 20.0 Å². The maximum atomic E-state index is 13.3. The molecule has 1 aromatic heterocycles. The predicted octanol–water partition coefficient (Wildman–Crippen LogP) is 5.34. The van der Waals surface area contributed by atoms with Crippen molar-refractivity contribution in [1.82, 2.24) is 14.3 Å². The van der Waals surface area contributed by atoms with E-state index in [0.717, 1.165) is 44.5 Å². The van der Waals surface area contributed by atoms with Gasteiger partial charge in [-0.1, -0.05) is 30.2 Å². The normalized spacial score (nSPS) is 15.4. The molecule has 32 heavy (non-hydrogen) atoms. The fraction of sp³-hybridized carbons (Fsp3) is 0.400. The van der Waals surface area contributed by atoms with Gasteiger partial charge in [-0.05, 0) is 86.7 Å². The Hall–Kier alpha value is -2.44. The van der Waals surface area contributed by atoms with Crippen molar-refractivity contribution in [2.75, 3.05) is 13.1 Å². The lowest BCUT2D eigenvalue weighted by atomic mass is 9.90. The second-order valence-corrected chi connectivity index (χ2v) is 8.99. The summed E-state index contributed by atoms with van der Waals surface area (Å²) in [5.41, 5.74) is 2.26. The first kappa shape index (κ1) is 22.7. The molecule has 0 bridgehead atoms. The highest BCUT2D eigenvalue weighted by atomic mass is 35.5. The number of nitrogens with zero attached hydrogens (tertiary/aromatic N) is 3. The molecule has 1 aliphatic heterocycles. The van der Waals surface area contributed by atoms with Crippen molar-refractivity contribution in [2.45, 2.75) is 38.6 Å². The molecule has 0 N–H and O–H groups in total. The lowest BCUT2D eigenvalue weighted by Crippen LogP contribution is -2.34. The molecule has 0 unspecified atom stereocenters. The molecule has 2 heterocycles. The van der Waals surface area contributed by atoms with Gasteiger partial charge in [-0.15, -0.1) is 0 Å². The van der Waals surface area contributed by atoms with Gasteiger partial charge in [-0.2, -0.15) is 0 Å². The molecular formula is C25H28ClF2N3O. The van der Waals surface area contributed by atoms with Crippen LogP contribution in [0.25, 0.3) is 5.69 Å². The van der Waals surface area contributed by atoms with E-state index in [4.69, 9.17) is 11.6 Å². The van der Waals surface area contributed by atoms with Crippen LogP contribution in [0.3, 0.4) is 0 Å². The number of halogens is 3. The number of hydrogen-bond donors (Lipinski definition) is 0. The molecule has 2 aromatic carbocycles. The Balaban J connectivity index is 1.32. The minimum absolute atomic E-state index is 0.188. The number of piperidine rings is 1. The van der Waals surface area contributed by atoms with Crippen LogP contribution in [0.4, 0.5) is 8.78 Å². The highest BCUT2D eigenvalue weighted by Gasteiger charge is 2.23. The van der Waals surface area contributed by atoms with Crippen LogP contribution < -0.4 is 5.56 Å². The van der Waals surface area contributed by atoms with Crippen molar-refractivity contribution in [2.24, 2.45) is 13.0 Å². The van der Waals surface area contributed by atoms with Gasteiger partial charge in [0.15, 0.2) is 0 Å². The Morgan fingerprint density at radius 3 is 2.19 bits per heavy atom. The van der Waals surface area contributed by atoms with Crippen molar-refractivity contribution in [3.8, 4) is 5.69 Å². The zero-order valence-corrected chi connectivity index (χ0v) is 19.0. The molecular weight excluding hydrogens is 432 g/mol. The predicted molar refractivity (Wildman–Crippen MR) is 123 cm³/mol. The first-order valence-corrected chi connectivity index (χ1v) is 11.5. The summed E-state index contributed by atoms with van der Waals surface area (Å²) in [5, 5.41) is 0.221. The first-order chi connectivity index (χ1) is 15.4. The van der Waals surface area contributed by atoms with E-state index in [9.17, 15) is 13.6 Å². The second-order valence-electron chi connectivity index (χ2n) is 8.62. The van der Waals surface area contributed by atoms with Gasteiger partial charge in [0.25, 0.3) is 5.56 Å². The Morgan fingerprint density at radius 1 is 0.969 bits per heavy atom. The van der Waals surface area contributed by atoms with E-state index >= 15 is 0 Å². The lowest BCUT2D eigenvalue weighted by Gasteiger charge is -2.32. The van der Waals surface area contributed by atoms with E-state index in [2.05, 4.69) is 4.90 Å². The van der Waals surface area contributed by atoms with Crippen LogP contribution in [-0.4, -0.2) is 27.4 Å². The zero-order valence-electron chi connectivity index (χ0n) is 18.2. The van der Waals surface area contributed by atoms with Crippen LogP contribution in [0.15, 0.2) is 53.3 Å². The molecule has 1 fully saturated rings. The molecule has 7 heteroatoms. The van der Waals surface area contributed by atoms with Crippen molar-refractivity contribution < 1.29 is 8.78 Å². The first-order valence-electron chi connectivity index (χ1n) is 11.1. The van der Waals surface area contributed by atoms with Crippen LogP contribution in [0.2, 0.25) is 5.02 Å². The summed E-state index contributed by atoms with van der Waals surface area (Å²) in [6.45, 7) is 2.54. The second kappa shape index (κ2) is 10.0. The van der Waals surface area contributed by atoms with Crippen molar-refractivity contribution in [3.63, 3.8) is 0 Å². The van der Waals surface area contributed by atoms with E-state index < -0.39 is 0 Å². The monoisotopic (exact) mass is 459 g/mol. The fourth-order valence-electron chi connectivity index (χ4n) is 4.55. The summed E-state index contributed by atoms with van der Waals surface area (Å²) in [7, 11) is 1.81. The summed E-state index contributed by atoms with van der Waals surface area (Å²) in [4.78, 5) is 15.1. The molecule has 1 aliphatic rings. The molecule has 0 saturated carbocycles. The number of aromatic nitrogens is 2. The summed E-state index contributed by atoms with van der Waals surface area (Å²) >= 11 is 6.41. The number of rotatable bonds is 7. The summed E-state index contributed by atoms with van der Waals surface area (Å²) in [6, 6.07) is 12.6. The van der Waals surface area contributed by atoms with Crippen LogP contribution in [0.1, 0.15) is 36.9 Å². The number of aryl methyl sites for hydroxylation is 1. The molecule has 4 nitrogen and oxygen atoms in total.